The molecule has 6 heteroatoms. The van der Waals surface area contributed by atoms with E-state index in [9.17, 15) is 4.79 Å². The number of ether oxygens (including phenoxy) is 1. The van der Waals surface area contributed by atoms with Crippen LogP contribution in [0.25, 0.3) is 0 Å². The SMILES string of the molecule is CSc1cn[nH]c1NC(=O)[C@H](C)Oc1ccc(C(C)C)c(C)c1. The lowest BCUT2D eigenvalue weighted by molar-refractivity contribution is -0.122. The molecule has 2 aromatic rings. The van der Waals surface area contributed by atoms with Gasteiger partial charge in [-0.05, 0) is 49.3 Å². The highest BCUT2D eigenvalue weighted by molar-refractivity contribution is 7.98. The van der Waals surface area contributed by atoms with E-state index in [1.54, 1.807) is 13.1 Å². The molecular formula is C17H23N3O2S. The number of nitrogens with one attached hydrogen (secondary N) is 2. The van der Waals surface area contributed by atoms with Crippen LogP contribution in [-0.2, 0) is 4.79 Å². The van der Waals surface area contributed by atoms with Crippen LogP contribution in [0.1, 0.15) is 37.8 Å². The summed E-state index contributed by atoms with van der Waals surface area (Å²) in [6.45, 7) is 8.11. The molecule has 0 radical (unpaired) electrons. The summed E-state index contributed by atoms with van der Waals surface area (Å²) in [6, 6.07) is 5.94. The second kappa shape index (κ2) is 7.55. The molecule has 2 rings (SSSR count). The van der Waals surface area contributed by atoms with Gasteiger partial charge in [0.05, 0.1) is 11.1 Å². The molecule has 0 spiro atoms. The van der Waals surface area contributed by atoms with Gasteiger partial charge in [-0.15, -0.1) is 11.8 Å². The lowest BCUT2D eigenvalue weighted by atomic mass is 9.98. The Kier molecular flexibility index (Phi) is 5.71. The van der Waals surface area contributed by atoms with E-state index in [4.69, 9.17) is 4.74 Å². The molecule has 2 N–H and O–H groups in total. The molecule has 1 aromatic heterocycles. The van der Waals surface area contributed by atoms with Crippen molar-refractivity contribution in [2.24, 2.45) is 0 Å². The van der Waals surface area contributed by atoms with Gasteiger partial charge < -0.3 is 10.1 Å². The van der Waals surface area contributed by atoms with Crippen molar-refractivity contribution >= 4 is 23.5 Å². The number of anilines is 1. The summed E-state index contributed by atoms with van der Waals surface area (Å²) < 4.78 is 5.76. The number of thioether (sulfide) groups is 1. The molecule has 0 unspecified atom stereocenters. The molecule has 5 nitrogen and oxygen atoms in total. The number of H-pyrrole nitrogens is 1. The summed E-state index contributed by atoms with van der Waals surface area (Å²) in [5.41, 5.74) is 2.46. The number of hydrogen-bond acceptors (Lipinski definition) is 4. The van der Waals surface area contributed by atoms with Gasteiger partial charge in [-0.25, -0.2) is 0 Å². The first kappa shape index (κ1) is 17.4. The molecule has 0 aliphatic rings. The van der Waals surface area contributed by atoms with Crippen LogP contribution in [0.3, 0.4) is 0 Å². The summed E-state index contributed by atoms with van der Waals surface area (Å²) in [4.78, 5) is 13.1. The van der Waals surface area contributed by atoms with E-state index in [1.165, 1.54) is 22.9 Å². The first-order valence-electron chi connectivity index (χ1n) is 7.57. The van der Waals surface area contributed by atoms with Gasteiger partial charge in [0, 0.05) is 0 Å². The second-order valence-electron chi connectivity index (χ2n) is 5.74. The average Bonchev–Trinajstić information content (AvgIpc) is 2.94. The largest absolute Gasteiger partial charge is 0.481 e. The first-order valence-corrected chi connectivity index (χ1v) is 8.80. The minimum absolute atomic E-state index is 0.213. The molecule has 23 heavy (non-hydrogen) atoms. The quantitative estimate of drug-likeness (QED) is 0.785. The van der Waals surface area contributed by atoms with Crippen molar-refractivity contribution in [2.75, 3.05) is 11.6 Å². The van der Waals surface area contributed by atoms with Gasteiger partial charge in [-0.3, -0.25) is 9.89 Å². The Morgan fingerprint density at radius 3 is 2.70 bits per heavy atom. The van der Waals surface area contributed by atoms with E-state index in [0.717, 1.165) is 4.90 Å². The van der Waals surface area contributed by atoms with Crippen LogP contribution in [0.15, 0.2) is 29.3 Å². The van der Waals surface area contributed by atoms with E-state index in [2.05, 4.69) is 42.4 Å². The maximum Gasteiger partial charge on any atom is 0.266 e. The molecule has 0 saturated heterocycles. The molecule has 1 amide bonds. The number of amides is 1. The molecule has 0 bridgehead atoms. The third-order valence-electron chi connectivity index (χ3n) is 3.62. The number of benzene rings is 1. The van der Waals surface area contributed by atoms with Gasteiger partial charge in [0.15, 0.2) is 6.10 Å². The number of carbonyl (C=O) groups is 1. The normalized spacial score (nSPS) is 12.3. The summed E-state index contributed by atoms with van der Waals surface area (Å²) in [5.74, 6) is 1.55. The molecule has 1 heterocycles. The Morgan fingerprint density at radius 2 is 2.09 bits per heavy atom. The van der Waals surface area contributed by atoms with Crippen LogP contribution in [0, 0.1) is 6.92 Å². The van der Waals surface area contributed by atoms with Crippen molar-refractivity contribution < 1.29 is 9.53 Å². The third-order valence-corrected chi connectivity index (χ3v) is 4.37. The highest BCUT2D eigenvalue weighted by Crippen LogP contribution is 2.25. The molecule has 1 aromatic carbocycles. The Morgan fingerprint density at radius 1 is 1.35 bits per heavy atom. The maximum atomic E-state index is 12.2. The fraction of sp³-hybridized carbons (Fsp3) is 0.412. The fourth-order valence-corrected chi connectivity index (χ4v) is 2.83. The summed E-state index contributed by atoms with van der Waals surface area (Å²) in [5, 5.41) is 9.51. The van der Waals surface area contributed by atoms with E-state index in [1.807, 2.05) is 18.4 Å². The predicted molar refractivity (Wildman–Crippen MR) is 94.4 cm³/mol. The number of hydrogen-bond donors (Lipinski definition) is 2. The van der Waals surface area contributed by atoms with Crippen molar-refractivity contribution in [1.29, 1.82) is 0 Å². The first-order chi connectivity index (χ1) is 10.9. The minimum Gasteiger partial charge on any atom is -0.481 e. The average molecular weight is 333 g/mol. The van der Waals surface area contributed by atoms with Gasteiger partial charge in [0.2, 0.25) is 0 Å². The molecule has 0 aliphatic heterocycles. The van der Waals surface area contributed by atoms with Crippen LogP contribution in [0.2, 0.25) is 0 Å². The van der Waals surface area contributed by atoms with Gasteiger partial charge >= 0.3 is 0 Å². The number of carbonyl (C=O) groups excluding carboxylic acids is 1. The highest BCUT2D eigenvalue weighted by atomic mass is 32.2. The lowest BCUT2D eigenvalue weighted by Gasteiger charge is -2.16. The fourth-order valence-electron chi connectivity index (χ4n) is 2.37. The van der Waals surface area contributed by atoms with Crippen LogP contribution < -0.4 is 10.1 Å². The number of rotatable bonds is 6. The van der Waals surface area contributed by atoms with Gasteiger partial charge in [-0.1, -0.05) is 19.9 Å². The second-order valence-corrected chi connectivity index (χ2v) is 6.58. The zero-order valence-electron chi connectivity index (χ0n) is 14.1. The van der Waals surface area contributed by atoms with Crippen molar-refractivity contribution in [3.8, 4) is 5.75 Å². The number of nitrogens with zero attached hydrogens (tertiary/aromatic N) is 1. The van der Waals surface area contributed by atoms with E-state index in [-0.39, 0.29) is 5.91 Å². The lowest BCUT2D eigenvalue weighted by Crippen LogP contribution is -2.30. The van der Waals surface area contributed by atoms with Gasteiger partial charge in [0.25, 0.3) is 5.91 Å². The maximum absolute atomic E-state index is 12.2. The number of aromatic amines is 1. The van der Waals surface area contributed by atoms with Crippen LogP contribution in [0.5, 0.6) is 5.75 Å². The topological polar surface area (TPSA) is 67.0 Å². The summed E-state index contributed by atoms with van der Waals surface area (Å²) in [6.07, 6.45) is 3.01. The monoisotopic (exact) mass is 333 g/mol. The smallest absolute Gasteiger partial charge is 0.266 e. The summed E-state index contributed by atoms with van der Waals surface area (Å²) in [7, 11) is 0. The van der Waals surface area contributed by atoms with Gasteiger partial charge in [0.1, 0.15) is 11.6 Å². The minimum atomic E-state index is -0.600. The van der Waals surface area contributed by atoms with Crippen molar-refractivity contribution in [1.82, 2.24) is 10.2 Å². The number of aryl methyl sites for hydroxylation is 1. The van der Waals surface area contributed by atoms with E-state index < -0.39 is 6.10 Å². The molecular weight excluding hydrogens is 310 g/mol. The van der Waals surface area contributed by atoms with Crippen molar-refractivity contribution in [3.63, 3.8) is 0 Å². The van der Waals surface area contributed by atoms with Crippen LogP contribution in [0.4, 0.5) is 5.82 Å². The molecule has 0 saturated carbocycles. The third kappa shape index (κ3) is 4.28. The Hall–Kier alpha value is -1.95. The predicted octanol–water partition coefficient (Wildman–Crippen LogP) is 3.97. The summed E-state index contributed by atoms with van der Waals surface area (Å²) >= 11 is 1.52. The standard InChI is InChI=1S/C17H23N3O2S/c1-10(2)14-7-6-13(8-11(14)3)22-12(4)17(21)19-16-15(23-5)9-18-20-16/h6-10,12H,1-5H3,(H2,18,19,20,21)/t12-/m0/s1. The Labute approximate surface area is 141 Å². The van der Waals surface area contributed by atoms with Crippen molar-refractivity contribution in [3.05, 3.63) is 35.5 Å². The molecule has 0 aliphatic carbocycles. The molecule has 0 fully saturated rings. The van der Waals surface area contributed by atoms with Crippen molar-refractivity contribution in [2.45, 2.75) is 44.6 Å². The number of aromatic nitrogens is 2. The zero-order chi connectivity index (χ0) is 17.0. The van der Waals surface area contributed by atoms with Crippen LogP contribution in [-0.4, -0.2) is 28.5 Å². The highest BCUT2D eigenvalue weighted by Gasteiger charge is 2.17. The van der Waals surface area contributed by atoms with E-state index in [0.29, 0.717) is 17.5 Å². The Balaban J connectivity index is 2.02. The zero-order valence-corrected chi connectivity index (χ0v) is 15.0. The molecule has 1 atom stereocenters. The van der Waals surface area contributed by atoms with Gasteiger partial charge in [-0.2, -0.15) is 5.10 Å². The van der Waals surface area contributed by atoms with Crippen LogP contribution >= 0.6 is 11.8 Å². The molecule has 124 valence electrons. The Bertz CT molecular complexity index is 682. The van der Waals surface area contributed by atoms with E-state index >= 15 is 0 Å².